The lowest BCUT2D eigenvalue weighted by Crippen LogP contribution is -2.07. The van der Waals surface area contributed by atoms with Gasteiger partial charge >= 0.3 is 0 Å². The Labute approximate surface area is 111 Å². The van der Waals surface area contributed by atoms with E-state index < -0.39 is 0 Å². The Morgan fingerprint density at radius 3 is 2.72 bits per heavy atom. The number of aryl methyl sites for hydroxylation is 3. The van der Waals surface area contributed by atoms with E-state index in [9.17, 15) is 4.39 Å². The van der Waals surface area contributed by atoms with Gasteiger partial charge in [0.2, 0.25) is 5.95 Å². The van der Waals surface area contributed by atoms with Gasteiger partial charge in [0, 0.05) is 31.8 Å². The maximum atomic E-state index is 13.5. The molecule has 100 valence electrons. The molecule has 0 radical (unpaired) electrons. The summed E-state index contributed by atoms with van der Waals surface area (Å²) in [6, 6.07) is 1.94. The molecule has 2 heterocycles. The minimum atomic E-state index is -0.309. The topological polar surface area (TPSA) is 47.7 Å². The van der Waals surface area contributed by atoms with E-state index in [0.717, 1.165) is 18.1 Å². The molecule has 0 amide bonds. The summed E-state index contributed by atoms with van der Waals surface area (Å²) in [5, 5.41) is 11.3. The summed E-state index contributed by atoms with van der Waals surface area (Å²) in [4.78, 5) is 0. The van der Waals surface area contributed by atoms with Crippen molar-refractivity contribution in [3.05, 3.63) is 29.5 Å². The summed E-state index contributed by atoms with van der Waals surface area (Å²) in [6.07, 6.45) is 1.53. The summed E-state index contributed by atoms with van der Waals surface area (Å²) in [5.41, 5.74) is 1.50. The first-order valence-corrected chi connectivity index (χ1v) is 5.56. The van der Waals surface area contributed by atoms with Crippen molar-refractivity contribution in [1.29, 1.82) is 0 Å². The van der Waals surface area contributed by atoms with E-state index in [1.165, 1.54) is 10.9 Å². The Kier molecular flexibility index (Phi) is 4.72. The van der Waals surface area contributed by atoms with E-state index in [0.29, 0.717) is 12.1 Å². The van der Waals surface area contributed by atoms with Crippen LogP contribution in [-0.4, -0.2) is 19.6 Å². The zero-order valence-electron chi connectivity index (χ0n) is 10.6. The predicted molar refractivity (Wildman–Crippen MR) is 70.4 cm³/mol. The SMILES string of the molecule is CCn1nc(C)cc1NCc1cnn(C)c1F.Cl. The number of aromatic nitrogens is 4. The average molecular weight is 274 g/mol. The fourth-order valence-electron chi connectivity index (χ4n) is 1.70. The number of rotatable bonds is 4. The highest BCUT2D eigenvalue weighted by atomic mass is 35.5. The number of hydrogen-bond donors (Lipinski definition) is 1. The van der Waals surface area contributed by atoms with Crippen LogP contribution in [0.25, 0.3) is 0 Å². The normalized spacial score (nSPS) is 10.2. The fourth-order valence-corrected chi connectivity index (χ4v) is 1.70. The highest BCUT2D eigenvalue weighted by molar-refractivity contribution is 5.85. The largest absolute Gasteiger partial charge is 0.366 e. The molecular formula is C11H17ClFN5. The van der Waals surface area contributed by atoms with Gasteiger partial charge < -0.3 is 5.32 Å². The van der Waals surface area contributed by atoms with Crippen molar-refractivity contribution in [2.75, 3.05) is 5.32 Å². The van der Waals surface area contributed by atoms with Gasteiger partial charge in [-0.05, 0) is 13.8 Å². The molecule has 0 saturated heterocycles. The second-order valence-corrected chi connectivity index (χ2v) is 3.92. The zero-order valence-corrected chi connectivity index (χ0v) is 11.5. The van der Waals surface area contributed by atoms with E-state index in [2.05, 4.69) is 15.5 Å². The average Bonchev–Trinajstić information content (AvgIpc) is 2.82. The minimum absolute atomic E-state index is 0. The second kappa shape index (κ2) is 5.86. The summed E-state index contributed by atoms with van der Waals surface area (Å²) in [7, 11) is 1.58. The highest BCUT2D eigenvalue weighted by Crippen LogP contribution is 2.13. The van der Waals surface area contributed by atoms with Crippen LogP contribution in [-0.2, 0) is 20.1 Å². The molecule has 0 atom stereocenters. The zero-order chi connectivity index (χ0) is 12.4. The third-order valence-electron chi connectivity index (χ3n) is 2.60. The fraction of sp³-hybridized carbons (Fsp3) is 0.455. The van der Waals surface area contributed by atoms with Gasteiger partial charge in [0.25, 0.3) is 0 Å². The quantitative estimate of drug-likeness (QED) is 0.928. The van der Waals surface area contributed by atoms with Gasteiger partial charge in [-0.15, -0.1) is 12.4 Å². The summed E-state index contributed by atoms with van der Waals surface area (Å²) in [6.45, 7) is 5.14. The first-order chi connectivity index (χ1) is 8.11. The van der Waals surface area contributed by atoms with E-state index >= 15 is 0 Å². The van der Waals surface area contributed by atoms with Crippen LogP contribution in [0.15, 0.2) is 12.3 Å². The Hall–Kier alpha value is -1.56. The highest BCUT2D eigenvalue weighted by Gasteiger charge is 2.09. The monoisotopic (exact) mass is 273 g/mol. The molecule has 0 saturated carbocycles. The molecule has 0 aliphatic rings. The van der Waals surface area contributed by atoms with Gasteiger partial charge in [-0.1, -0.05) is 0 Å². The molecule has 18 heavy (non-hydrogen) atoms. The standard InChI is InChI=1S/C11H16FN5.ClH/c1-4-17-10(5-8(2)15-17)13-6-9-7-14-16(3)11(9)12;/h5,7,13H,4,6H2,1-3H3;1H. The van der Waals surface area contributed by atoms with Crippen molar-refractivity contribution < 1.29 is 4.39 Å². The summed E-state index contributed by atoms with van der Waals surface area (Å²) in [5.74, 6) is 0.588. The maximum Gasteiger partial charge on any atom is 0.216 e. The molecule has 0 unspecified atom stereocenters. The van der Waals surface area contributed by atoms with Gasteiger partial charge in [0.05, 0.1) is 11.9 Å². The lowest BCUT2D eigenvalue weighted by Gasteiger charge is -2.06. The molecule has 5 nitrogen and oxygen atoms in total. The van der Waals surface area contributed by atoms with Gasteiger partial charge in [-0.3, -0.25) is 0 Å². The smallest absolute Gasteiger partial charge is 0.216 e. The van der Waals surface area contributed by atoms with Gasteiger partial charge in [0.15, 0.2) is 0 Å². The van der Waals surface area contributed by atoms with E-state index in [1.54, 1.807) is 7.05 Å². The van der Waals surface area contributed by atoms with Crippen molar-refractivity contribution in [2.45, 2.75) is 26.9 Å². The van der Waals surface area contributed by atoms with Gasteiger partial charge in [-0.25, -0.2) is 9.36 Å². The lowest BCUT2D eigenvalue weighted by atomic mass is 10.3. The Morgan fingerprint density at radius 1 is 1.44 bits per heavy atom. The molecule has 0 fully saturated rings. The molecule has 7 heteroatoms. The minimum Gasteiger partial charge on any atom is -0.366 e. The van der Waals surface area contributed by atoms with Crippen LogP contribution in [0.4, 0.5) is 10.2 Å². The number of hydrogen-bond acceptors (Lipinski definition) is 3. The molecule has 2 aromatic heterocycles. The van der Waals surface area contributed by atoms with Gasteiger partial charge in [-0.2, -0.15) is 14.6 Å². The third-order valence-corrected chi connectivity index (χ3v) is 2.60. The second-order valence-electron chi connectivity index (χ2n) is 3.92. The first kappa shape index (κ1) is 14.5. The van der Waals surface area contributed by atoms with Crippen molar-refractivity contribution in [2.24, 2.45) is 7.05 Å². The lowest BCUT2D eigenvalue weighted by molar-refractivity contribution is 0.496. The van der Waals surface area contributed by atoms with Crippen LogP contribution < -0.4 is 5.32 Å². The van der Waals surface area contributed by atoms with Gasteiger partial charge in [0.1, 0.15) is 5.82 Å². The van der Waals surface area contributed by atoms with Crippen LogP contribution in [0, 0.1) is 12.9 Å². The molecule has 0 aromatic carbocycles. The van der Waals surface area contributed by atoms with Crippen LogP contribution in [0.1, 0.15) is 18.2 Å². The molecule has 0 bridgehead atoms. The predicted octanol–water partition coefficient (Wildman–Crippen LogP) is 2.12. The molecule has 1 N–H and O–H groups in total. The Balaban J connectivity index is 0.00000162. The summed E-state index contributed by atoms with van der Waals surface area (Å²) < 4.78 is 16.6. The van der Waals surface area contributed by atoms with Crippen molar-refractivity contribution in [3.63, 3.8) is 0 Å². The number of nitrogens with one attached hydrogen (secondary N) is 1. The summed E-state index contributed by atoms with van der Waals surface area (Å²) >= 11 is 0. The molecule has 2 rings (SSSR count). The maximum absolute atomic E-state index is 13.5. The molecule has 0 spiro atoms. The molecule has 0 aliphatic heterocycles. The third kappa shape index (κ3) is 2.81. The van der Waals surface area contributed by atoms with Crippen LogP contribution in [0.3, 0.4) is 0 Å². The molecular weight excluding hydrogens is 257 g/mol. The van der Waals surface area contributed by atoms with E-state index in [1.807, 2.05) is 24.6 Å². The first-order valence-electron chi connectivity index (χ1n) is 5.56. The van der Waals surface area contributed by atoms with E-state index in [4.69, 9.17) is 0 Å². The van der Waals surface area contributed by atoms with Crippen molar-refractivity contribution >= 4 is 18.2 Å². The Morgan fingerprint density at radius 2 is 2.17 bits per heavy atom. The number of nitrogens with zero attached hydrogens (tertiary/aromatic N) is 4. The molecule has 2 aromatic rings. The number of anilines is 1. The van der Waals surface area contributed by atoms with Crippen molar-refractivity contribution in [1.82, 2.24) is 19.6 Å². The molecule has 0 aliphatic carbocycles. The van der Waals surface area contributed by atoms with Crippen LogP contribution in [0.2, 0.25) is 0 Å². The van der Waals surface area contributed by atoms with Crippen LogP contribution in [0.5, 0.6) is 0 Å². The number of halogens is 2. The van der Waals surface area contributed by atoms with E-state index in [-0.39, 0.29) is 18.4 Å². The van der Waals surface area contributed by atoms with Crippen LogP contribution >= 0.6 is 12.4 Å². The Bertz CT molecular complexity index is 519. The van der Waals surface area contributed by atoms with Crippen molar-refractivity contribution in [3.8, 4) is 0 Å².